The quantitative estimate of drug-likeness (QED) is 0.0426. The van der Waals surface area contributed by atoms with Crippen LogP contribution in [-0.4, -0.2) is 87.1 Å². The van der Waals surface area contributed by atoms with Crippen molar-refractivity contribution in [2.75, 3.05) is 12.3 Å². The molecule has 1 heterocycles. The number of nitrogens with one attached hydrogen (secondary N) is 4. The van der Waals surface area contributed by atoms with E-state index in [9.17, 15) is 29.1 Å². The number of amides is 4. The molecule has 17 heteroatoms. The first-order valence-electron chi connectivity index (χ1n) is 10.8. The van der Waals surface area contributed by atoms with E-state index in [0.717, 1.165) is 0 Å². The summed E-state index contributed by atoms with van der Waals surface area (Å²) in [5.74, 6) is -4.84. The van der Waals surface area contributed by atoms with Crippen LogP contribution < -0.4 is 38.9 Å². The molecule has 1 aromatic rings. The van der Waals surface area contributed by atoms with Crippen LogP contribution in [0.1, 0.15) is 25.0 Å². The average molecular weight is 529 g/mol. The molecule has 13 N–H and O–H groups in total. The Labute approximate surface area is 211 Å². The number of carboxylic acid groups (broad SMARTS) is 1. The van der Waals surface area contributed by atoms with Gasteiger partial charge in [-0.2, -0.15) is 12.6 Å². The summed E-state index contributed by atoms with van der Waals surface area (Å²) >= 11 is 3.97. The Balaban J connectivity index is 3.08. The van der Waals surface area contributed by atoms with E-state index in [1.54, 1.807) is 0 Å². The topological polar surface area (TPSA) is 287 Å². The second kappa shape index (κ2) is 15.2. The monoisotopic (exact) mass is 528 g/mol. The number of aromatic amines is 1. The van der Waals surface area contributed by atoms with Crippen molar-refractivity contribution in [1.82, 2.24) is 25.9 Å². The standard InChI is InChI=1S/C19H32N10O6S/c20-10(7-36)15(31)27-11(2-1-3-25-19(22)23)16(32)28-12(4-9-6-24-8-26-9)17(33)29-13(18(34)35)5-14(21)30/h6,8,10-13,36H,1-5,7,20H2,(H2,21,30)(H,24,26)(H,27,31)(H,28,32)(H,29,33)(H,34,35)(H4,22,23,25). The maximum absolute atomic E-state index is 13.1. The number of carbonyl (C=O) groups is 5. The normalized spacial score (nSPS) is 13.9. The van der Waals surface area contributed by atoms with Crippen molar-refractivity contribution in [3.05, 3.63) is 18.2 Å². The van der Waals surface area contributed by atoms with E-state index in [2.05, 4.69) is 43.5 Å². The zero-order valence-electron chi connectivity index (χ0n) is 19.3. The van der Waals surface area contributed by atoms with Crippen LogP contribution in [0.5, 0.6) is 0 Å². The number of nitrogens with zero attached hydrogens (tertiary/aromatic N) is 2. The Morgan fingerprint density at radius 1 is 1.03 bits per heavy atom. The Morgan fingerprint density at radius 3 is 2.17 bits per heavy atom. The van der Waals surface area contributed by atoms with Gasteiger partial charge in [-0.15, -0.1) is 0 Å². The molecule has 1 rings (SSSR count). The molecule has 4 unspecified atom stereocenters. The lowest BCUT2D eigenvalue weighted by Gasteiger charge is -2.24. The molecule has 0 spiro atoms. The minimum atomic E-state index is -1.61. The van der Waals surface area contributed by atoms with Gasteiger partial charge >= 0.3 is 5.97 Å². The lowest BCUT2D eigenvalue weighted by atomic mass is 10.1. The average Bonchev–Trinajstić information content (AvgIpc) is 3.31. The van der Waals surface area contributed by atoms with Crippen molar-refractivity contribution < 1.29 is 29.1 Å². The highest BCUT2D eigenvalue weighted by molar-refractivity contribution is 7.80. The first kappa shape index (κ1) is 30.2. The van der Waals surface area contributed by atoms with Gasteiger partial charge in [0.1, 0.15) is 18.1 Å². The number of imidazole rings is 1. The number of guanidine groups is 1. The lowest BCUT2D eigenvalue weighted by Crippen LogP contribution is -2.58. The molecular formula is C19H32N10O6S. The van der Waals surface area contributed by atoms with Gasteiger partial charge in [0.05, 0.1) is 18.8 Å². The number of carboxylic acids is 1. The van der Waals surface area contributed by atoms with E-state index in [0.29, 0.717) is 12.1 Å². The van der Waals surface area contributed by atoms with Gasteiger partial charge in [-0.3, -0.25) is 24.2 Å². The Bertz CT molecular complexity index is 937. The molecule has 36 heavy (non-hydrogen) atoms. The van der Waals surface area contributed by atoms with Gasteiger partial charge in [-0.25, -0.2) is 9.78 Å². The molecule has 0 saturated carbocycles. The fourth-order valence-electron chi connectivity index (χ4n) is 2.91. The summed E-state index contributed by atoms with van der Waals surface area (Å²) in [4.78, 5) is 71.3. The summed E-state index contributed by atoms with van der Waals surface area (Å²) in [6.45, 7) is 0.173. The third-order valence-electron chi connectivity index (χ3n) is 4.74. The third-order valence-corrected chi connectivity index (χ3v) is 5.14. The first-order valence-corrected chi connectivity index (χ1v) is 11.4. The summed E-state index contributed by atoms with van der Waals surface area (Å²) in [5.41, 5.74) is 21.8. The van der Waals surface area contributed by atoms with Crippen molar-refractivity contribution in [3.63, 3.8) is 0 Å². The number of aliphatic imine (C=N–C) groups is 1. The summed E-state index contributed by atoms with van der Waals surface area (Å²) in [7, 11) is 0. The predicted molar refractivity (Wildman–Crippen MR) is 131 cm³/mol. The van der Waals surface area contributed by atoms with E-state index in [1.807, 2.05) is 0 Å². The Kier molecular flexibility index (Phi) is 12.7. The van der Waals surface area contributed by atoms with Gasteiger partial charge in [0.2, 0.25) is 23.6 Å². The van der Waals surface area contributed by atoms with Crippen LogP contribution in [0.25, 0.3) is 0 Å². The number of H-pyrrole nitrogens is 1. The smallest absolute Gasteiger partial charge is 0.326 e. The van der Waals surface area contributed by atoms with Crippen molar-refractivity contribution in [1.29, 1.82) is 0 Å². The second-order valence-electron chi connectivity index (χ2n) is 7.71. The molecule has 200 valence electrons. The van der Waals surface area contributed by atoms with Crippen LogP contribution in [0, 0.1) is 0 Å². The first-order chi connectivity index (χ1) is 16.9. The number of aliphatic carboxylic acids is 1. The van der Waals surface area contributed by atoms with Crippen molar-refractivity contribution in [3.8, 4) is 0 Å². The molecular weight excluding hydrogens is 496 g/mol. The highest BCUT2D eigenvalue weighted by atomic mass is 32.1. The van der Waals surface area contributed by atoms with Gasteiger partial charge in [0.15, 0.2) is 5.96 Å². The zero-order chi connectivity index (χ0) is 27.3. The van der Waals surface area contributed by atoms with Crippen LogP contribution in [0.15, 0.2) is 17.5 Å². The van der Waals surface area contributed by atoms with E-state index in [4.69, 9.17) is 22.9 Å². The van der Waals surface area contributed by atoms with E-state index >= 15 is 0 Å². The minimum Gasteiger partial charge on any atom is -0.480 e. The van der Waals surface area contributed by atoms with Crippen LogP contribution in [-0.2, 0) is 30.4 Å². The number of carbonyl (C=O) groups excluding carboxylic acids is 4. The summed E-state index contributed by atoms with van der Waals surface area (Å²) < 4.78 is 0. The SMILES string of the molecule is NC(=O)CC(NC(=O)C(Cc1cnc[nH]1)NC(=O)C(CCCN=C(N)N)NC(=O)C(N)CS)C(=O)O. The molecule has 0 aliphatic heterocycles. The lowest BCUT2D eigenvalue weighted by molar-refractivity contribution is -0.143. The second-order valence-corrected chi connectivity index (χ2v) is 8.08. The zero-order valence-corrected chi connectivity index (χ0v) is 20.2. The summed E-state index contributed by atoms with van der Waals surface area (Å²) in [6.07, 6.45) is 2.38. The summed E-state index contributed by atoms with van der Waals surface area (Å²) in [5, 5.41) is 16.5. The molecule has 0 aliphatic rings. The number of rotatable bonds is 16. The van der Waals surface area contributed by atoms with Crippen LogP contribution in [0.4, 0.5) is 0 Å². The fourth-order valence-corrected chi connectivity index (χ4v) is 3.07. The Hall–Kier alpha value is -3.86. The molecule has 4 amide bonds. The molecule has 0 saturated heterocycles. The number of aromatic nitrogens is 2. The molecule has 0 bridgehead atoms. The number of hydrogen-bond acceptors (Lipinski definition) is 9. The molecule has 0 fully saturated rings. The molecule has 0 radical (unpaired) electrons. The van der Waals surface area contributed by atoms with Gasteiger partial charge in [-0.1, -0.05) is 0 Å². The maximum atomic E-state index is 13.1. The number of primary amides is 1. The van der Waals surface area contributed by atoms with Gasteiger partial charge in [0.25, 0.3) is 0 Å². The maximum Gasteiger partial charge on any atom is 0.326 e. The van der Waals surface area contributed by atoms with Crippen molar-refractivity contribution in [2.24, 2.45) is 27.9 Å². The third kappa shape index (κ3) is 11.0. The van der Waals surface area contributed by atoms with Gasteiger partial charge in [0, 0.05) is 30.6 Å². The highest BCUT2D eigenvalue weighted by Crippen LogP contribution is 2.05. The molecule has 16 nitrogen and oxygen atoms in total. The number of hydrogen-bond donors (Lipinski definition) is 10. The van der Waals surface area contributed by atoms with E-state index in [1.165, 1.54) is 12.5 Å². The largest absolute Gasteiger partial charge is 0.480 e. The Morgan fingerprint density at radius 2 is 1.64 bits per heavy atom. The number of thiol groups is 1. The molecule has 0 aliphatic carbocycles. The van der Waals surface area contributed by atoms with Crippen LogP contribution >= 0.6 is 12.6 Å². The molecule has 1 aromatic heterocycles. The van der Waals surface area contributed by atoms with Crippen molar-refractivity contribution >= 4 is 48.2 Å². The van der Waals surface area contributed by atoms with Gasteiger partial charge in [-0.05, 0) is 12.8 Å². The molecule has 4 atom stereocenters. The highest BCUT2D eigenvalue weighted by Gasteiger charge is 2.31. The van der Waals surface area contributed by atoms with E-state index < -0.39 is 60.2 Å². The van der Waals surface area contributed by atoms with Gasteiger partial charge < -0.3 is 49.0 Å². The van der Waals surface area contributed by atoms with Crippen molar-refractivity contribution in [2.45, 2.75) is 49.9 Å². The fraction of sp³-hybridized carbons (Fsp3) is 0.526. The predicted octanol–water partition coefficient (Wildman–Crippen LogP) is -4.32. The summed E-state index contributed by atoms with van der Waals surface area (Å²) in [6, 6.07) is -5.03. The van der Waals surface area contributed by atoms with E-state index in [-0.39, 0.29) is 31.1 Å². The van der Waals surface area contributed by atoms with Crippen LogP contribution in [0.3, 0.4) is 0 Å². The number of nitrogens with two attached hydrogens (primary N) is 4. The minimum absolute atomic E-state index is 0.0233. The molecule has 0 aromatic carbocycles. The van der Waals surface area contributed by atoms with Crippen LogP contribution in [0.2, 0.25) is 0 Å².